The van der Waals surface area contributed by atoms with Gasteiger partial charge in [0, 0.05) is 38.4 Å². The number of ether oxygens (including phenoxy) is 1. The largest absolute Gasteiger partial charge is 0.476 e. The lowest BCUT2D eigenvalue weighted by atomic mass is 10.0. The van der Waals surface area contributed by atoms with Crippen molar-refractivity contribution >= 4 is 17.7 Å². The molecule has 0 radical (unpaired) electrons. The van der Waals surface area contributed by atoms with E-state index in [-0.39, 0.29) is 23.3 Å². The van der Waals surface area contributed by atoms with E-state index in [1.807, 2.05) is 0 Å². The summed E-state index contributed by atoms with van der Waals surface area (Å²) >= 11 is 0. The molecule has 2 heterocycles. The molecule has 1 aromatic heterocycles. The van der Waals surface area contributed by atoms with Gasteiger partial charge < -0.3 is 9.84 Å². The Balaban J connectivity index is 2.24. The van der Waals surface area contributed by atoms with Crippen LogP contribution in [0.5, 0.6) is 0 Å². The Labute approximate surface area is 116 Å². The summed E-state index contributed by atoms with van der Waals surface area (Å²) in [5.74, 6) is -1.16. The number of carbonyl (C=O) groups excluding carboxylic acids is 1. The third kappa shape index (κ3) is 3.30. The van der Waals surface area contributed by atoms with Gasteiger partial charge in [-0.1, -0.05) is 0 Å². The van der Waals surface area contributed by atoms with E-state index in [0.29, 0.717) is 13.2 Å². The predicted octanol–water partition coefficient (Wildman–Crippen LogP) is 0.954. The summed E-state index contributed by atoms with van der Waals surface area (Å²) in [6, 6.07) is 0. The summed E-state index contributed by atoms with van der Waals surface area (Å²) in [4.78, 5) is 32.2. The zero-order valence-electron chi connectivity index (χ0n) is 11.3. The highest BCUT2D eigenvalue weighted by Gasteiger charge is 2.25. The van der Waals surface area contributed by atoms with E-state index in [1.165, 1.54) is 24.2 Å². The number of hydrogen-bond acceptors (Lipinski definition) is 5. The second-order valence-corrected chi connectivity index (χ2v) is 4.75. The van der Waals surface area contributed by atoms with Gasteiger partial charge in [-0.3, -0.25) is 9.69 Å². The molecule has 1 aliphatic rings. The number of carboxylic acid groups (broad SMARTS) is 1. The molecule has 1 N–H and O–H groups in total. The normalized spacial score (nSPS) is 18.6. The van der Waals surface area contributed by atoms with Crippen LogP contribution in [0.25, 0.3) is 0 Å². The Bertz CT molecular complexity index is 500. The molecule has 0 aromatic carbocycles. The summed E-state index contributed by atoms with van der Waals surface area (Å²) < 4.78 is 5.39. The van der Waals surface area contributed by atoms with Gasteiger partial charge in [-0.25, -0.2) is 14.8 Å². The maximum atomic E-state index is 11.8. The highest BCUT2D eigenvalue weighted by Crippen LogP contribution is 2.21. The van der Waals surface area contributed by atoms with Crippen LogP contribution in [0.1, 0.15) is 30.3 Å². The SMILES string of the molecule is CC(=O)N(CC1CCCOC1)c1nccnc1C(=O)O. The van der Waals surface area contributed by atoms with Crippen LogP contribution < -0.4 is 4.90 Å². The molecule has 1 aromatic rings. The smallest absolute Gasteiger partial charge is 0.358 e. The molecule has 2 rings (SSSR count). The maximum Gasteiger partial charge on any atom is 0.358 e. The molecule has 0 bridgehead atoms. The van der Waals surface area contributed by atoms with Crippen molar-refractivity contribution in [3.8, 4) is 0 Å². The number of anilines is 1. The lowest BCUT2D eigenvalue weighted by Crippen LogP contribution is -2.38. The number of amides is 1. The molecule has 20 heavy (non-hydrogen) atoms. The molecule has 1 amide bonds. The predicted molar refractivity (Wildman–Crippen MR) is 70.6 cm³/mol. The molecule has 1 atom stereocenters. The minimum Gasteiger partial charge on any atom is -0.476 e. The van der Waals surface area contributed by atoms with E-state index >= 15 is 0 Å². The maximum absolute atomic E-state index is 11.8. The summed E-state index contributed by atoms with van der Waals surface area (Å²) in [6.45, 7) is 3.10. The number of carboxylic acids is 1. The first-order valence-corrected chi connectivity index (χ1v) is 6.49. The molecule has 0 spiro atoms. The first kappa shape index (κ1) is 14.4. The second kappa shape index (κ2) is 6.42. The second-order valence-electron chi connectivity index (χ2n) is 4.75. The molecule has 1 unspecified atom stereocenters. The van der Waals surface area contributed by atoms with Crippen LogP contribution in [-0.4, -0.2) is 46.7 Å². The Kier molecular flexibility index (Phi) is 4.62. The summed E-state index contributed by atoms with van der Waals surface area (Å²) in [7, 11) is 0. The molecule has 0 aliphatic carbocycles. The third-order valence-electron chi connectivity index (χ3n) is 3.21. The van der Waals surface area contributed by atoms with Gasteiger partial charge in [0.2, 0.25) is 5.91 Å². The Morgan fingerprint density at radius 1 is 1.45 bits per heavy atom. The van der Waals surface area contributed by atoms with Gasteiger partial charge in [0.15, 0.2) is 11.5 Å². The lowest BCUT2D eigenvalue weighted by molar-refractivity contribution is -0.116. The van der Waals surface area contributed by atoms with Crippen LogP contribution in [0.4, 0.5) is 5.82 Å². The molecular weight excluding hydrogens is 262 g/mol. The summed E-state index contributed by atoms with van der Waals surface area (Å²) in [5, 5.41) is 9.14. The van der Waals surface area contributed by atoms with Gasteiger partial charge in [0.25, 0.3) is 0 Å². The molecule has 1 fully saturated rings. The Morgan fingerprint density at radius 3 is 2.80 bits per heavy atom. The van der Waals surface area contributed by atoms with E-state index in [1.54, 1.807) is 0 Å². The van der Waals surface area contributed by atoms with Gasteiger partial charge in [-0.2, -0.15) is 0 Å². The van der Waals surface area contributed by atoms with Gasteiger partial charge in [0.05, 0.1) is 6.61 Å². The van der Waals surface area contributed by atoms with Gasteiger partial charge in [0.1, 0.15) is 0 Å². The van der Waals surface area contributed by atoms with Crippen LogP contribution in [0.15, 0.2) is 12.4 Å². The quantitative estimate of drug-likeness (QED) is 0.882. The van der Waals surface area contributed by atoms with E-state index in [0.717, 1.165) is 19.4 Å². The van der Waals surface area contributed by atoms with Gasteiger partial charge in [-0.15, -0.1) is 0 Å². The number of carbonyl (C=O) groups is 2. The first-order valence-electron chi connectivity index (χ1n) is 6.49. The van der Waals surface area contributed by atoms with Crippen molar-refractivity contribution in [1.82, 2.24) is 9.97 Å². The van der Waals surface area contributed by atoms with Crippen molar-refractivity contribution in [2.24, 2.45) is 5.92 Å². The average molecular weight is 279 g/mol. The number of aromatic nitrogens is 2. The summed E-state index contributed by atoms with van der Waals surface area (Å²) in [5.41, 5.74) is -0.209. The molecule has 1 aliphatic heterocycles. The molecular formula is C13H17N3O4. The Morgan fingerprint density at radius 2 is 2.20 bits per heavy atom. The zero-order chi connectivity index (χ0) is 14.5. The number of aromatic carboxylic acids is 1. The molecule has 0 saturated carbocycles. The zero-order valence-corrected chi connectivity index (χ0v) is 11.3. The van der Waals surface area contributed by atoms with Crippen molar-refractivity contribution in [2.75, 3.05) is 24.7 Å². The fraction of sp³-hybridized carbons (Fsp3) is 0.538. The minimum absolute atomic E-state index is 0.0954. The molecule has 1 saturated heterocycles. The fourth-order valence-electron chi connectivity index (χ4n) is 2.25. The van der Waals surface area contributed by atoms with Crippen molar-refractivity contribution < 1.29 is 19.4 Å². The monoisotopic (exact) mass is 279 g/mol. The number of nitrogens with zero attached hydrogens (tertiary/aromatic N) is 3. The summed E-state index contributed by atoms with van der Waals surface area (Å²) in [6.07, 6.45) is 4.58. The molecule has 108 valence electrons. The highest BCUT2D eigenvalue weighted by atomic mass is 16.5. The van der Waals surface area contributed by atoms with Crippen molar-refractivity contribution in [3.63, 3.8) is 0 Å². The number of rotatable bonds is 4. The standard InChI is InChI=1S/C13H17N3O4/c1-9(17)16(7-10-3-2-6-20-8-10)12-11(13(18)19)14-4-5-15-12/h4-5,10H,2-3,6-8H2,1H3,(H,18,19). The van der Waals surface area contributed by atoms with Gasteiger partial charge >= 0.3 is 5.97 Å². The van der Waals surface area contributed by atoms with E-state index in [2.05, 4.69) is 9.97 Å². The minimum atomic E-state index is -1.20. The van der Waals surface area contributed by atoms with Crippen LogP contribution in [0.2, 0.25) is 0 Å². The topological polar surface area (TPSA) is 92.6 Å². The van der Waals surface area contributed by atoms with E-state index in [4.69, 9.17) is 9.84 Å². The lowest BCUT2D eigenvalue weighted by Gasteiger charge is -2.28. The Hall–Kier alpha value is -2.02. The van der Waals surface area contributed by atoms with Crippen molar-refractivity contribution in [3.05, 3.63) is 18.1 Å². The van der Waals surface area contributed by atoms with Crippen LogP contribution in [-0.2, 0) is 9.53 Å². The highest BCUT2D eigenvalue weighted by molar-refractivity contribution is 5.98. The van der Waals surface area contributed by atoms with Crippen molar-refractivity contribution in [1.29, 1.82) is 0 Å². The van der Waals surface area contributed by atoms with Crippen LogP contribution in [0.3, 0.4) is 0 Å². The van der Waals surface area contributed by atoms with Crippen LogP contribution >= 0.6 is 0 Å². The van der Waals surface area contributed by atoms with E-state index in [9.17, 15) is 9.59 Å². The molecule has 7 heteroatoms. The molecule has 7 nitrogen and oxygen atoms in total. The van der Waals surface area contributed by atoms with Crippen LogP contribution in [0, 0.1) is 5.92 Å². The fourth-order valence-corrected chi connectivity index (χ4v) is 2.25. The number of hydrogen-bond donors (Lipinski definition) is 1. The average Bonchev–Trinajstić information content (AvgIpc) is 2.45. The van der Waals surface area contributed by atoms with Crippen molar-refractivity contribution in [2.45, 2.75) is 19.8 Å². The first-order chi connectivity index (χ1) is 9.59. The van der Waals surface area contributed by atoms with Gasteiger partial charge in [-0.05, 0) is 12.8 Å². The van der Waals surface area contributed by atoms with E-state index < -0.39 is 5.97 Å². The third-order valence-corrected chi connectivity index (χ3v) is 3.21.